The first-order chi connectivity index (χ1) is 11.3. The first kappa shape index (κ1) is 17.6. The molecule has 0 atom stereocenters. The normalized spacial score (nSPS) is 10.9. The SMILES string of the molecule is CCOC(=O)c1cccc(S(=O)(=O)NC(=O)c2ccnc(C)c2)c1. The van der Waals surface area contributed by atoms with Crippen LogP contribution in [0.4, 0.5) is 0 Å². The van der Waals surface area contributed by atoms with Crippen molar-refractivity contribution < 1.29 is 22.7 Å². The molecule has 0 unspecified atom stereocenters. The lowest BCUT2D eigenvalue weighted by Crippen LogP contribution is -2.30. The van der Waals surface area contributed by atoms with Crippen LogP contribution in [0.2, 0.25) is 0 Å². The predicted molar refractivity (Wildman–Crippen MR) is 86.0 cm³/mol. The molecule has 24 heavy (non-hydrogen) atoms. The summed E-state index contributed by atoms with van der Waals surface area (Å²) in [6, 6.07) is 8.17. The van der Waals surface area contributed by atoms with Gasteiger partial charge >= 0.3 is 5.97 Å². The van der Waals surface area contributed by atoms with E-state index in [9.17, 15) is 18.0 Å². The van der Waals surface area contributed by atoms with E-state index in [1.807, 2.05) is 4.72 Å². The number of pyridine rings is 1. The Balaban J connectivity index is 2.26. The molecular formula is C16H16N2O5S. The van der Waals surface area contributed by atoms with E-state index in [0.29, 0.717) is 5.69 Å². The maximum absolute atomic E-state index is 12.3. The van der Waals surface area contributed by atoms with Crippen LogP contribution < -0.4 is 4.72 Å². The molecule has 7 nitrogen and oxygen atoms in total. The molecule has 1 amide bonds. The number of aromatic nitrogens is 1. The molecule has 1 aromatic carbocycles. The summed E-state index contributed by atoms with van der Waals surface area (Å²) in [4.78, 5) is 27.5. The lowest BCUT2D eigenvalue weighted by atomic mass is 10.2. The zero-order chi connectivity index (χ0) is 17.7. The van der Waals surface area contributed by atoms with Crippen molar-refractivity contribution in [3.05, 3.63) is 59.4 Å². The summed E-state index contributed by atoms with van der Waals surface area (Å²) in [5, 5.41) is 0. The monoisotopic (exact) mass is 348 g/mol. The minimum atomic E-state index is -4.12. The van der Waals surface area contributed by atoms with Crippen molar-refractivity contribution in [2.45, 2.75) is 18.7 Å². The Bertz CT molecular complexity index is 878. The van der Waals surface area contributed by atoms with Crippen LogP contribution in [0.5, 0.6) is 0 Å². The standard InChI is InChI=1S/C16H16N2O5S/c1-3-23-16(20)13-5-4-6-14(10-13)24(21,22)18-15(19)12-7-8-17-11(2)9-12/h4-10H,3H2,1-2H3,(H,18,19). The van der Waals surface area contributed by atoms with Crippen molar-refractivity contribution in [1.82, 2.24) is 9.71 Å². The summed E-state index contributed by atoms with van der Waals surface area (Å²) < 4.78 is 31.5. The van der Waals surface area contributed by atoms with E-state index in [1.165, 1.54) is 36.5 Å². The molecule has 1 heterocycles. The second kappa shape index (κ2) is 7.22. The molecule has 0 saturated heterocycles. The van der Waals surface area contributed by atoms with Crippen LogP contribution in [0, 0.1) is 6.92 Å². The molecule has 0 aliphatic rings. The lowest BCUT2D eigenvalue weighted by Gasteiger charge is -2.08. The van der Waals surface area contributed by atoms with Crippen LogP contribution in [0.3, 0.4) is 0 Å². The summed E-state index contributed by atoms with van der Waals surface area (Å²) in [6.07, 6.45) is 1.41. The molecule has 1 N–H and O–H groups in total. The summed E-state index contributed by atoms with van der Waals surface area (Å²) in [6.45, 7) is 3.51. The number of nitrogens with zero attached hydrogens (tertiary/aromatic N) is 1. The van der Waals surface area contributed by atoms with Gasteiger partial charge in [-0.2, -0.15) is 0 Å². The first-order valence-corrected chi connectivity index (χ1v) is 8.59. The van der Waals surface area contributed by atoms with Crippen molar-refractivity contribution >= 4 is 21.9 Å². The van der Waals surface area contributed by atoms with Crippen LogP contribution >= 0.6 is 0 Å². The molecule has 2 rings (SSSR count). The number of ether oxygens (including phenoxy) is 1. The Morgan fingerprint density at radius 3 is 2.58 bits per heavy atom. The van der Waals surface area contributed by atoms with Crippen molar-refractivity contribution in [2.75, 3.05) is 6.61 Å². The van der Waals surface area contributed by atoms with Gasteiger partial charge in [-0.05, 0) is 44.2 Å². The molecule has 0 fully saturated rings. The van der Waals surface area contributed by atoms with Gasteiger partial charge in [0.15, 0.2) is 0 Å². The number of hydrogen-bond donors (Lipinski definition) is 1. The number of sulfonamides is 1. The molecule has 8 heteroatoms. The zero-order valence-corrected chi connectivity index (χ0v) is 14.0. The number of amides is 1. The summed E-state index contributed by atoms with van der Waals surface area (Å²) in [5.41, 5.74) is 0.851. The number of esters is 1. The van der Waals surface area contributed by atoms with Crippen LogP contribution in [0.25, 0.3) is 0 Å². The number of aryl methyl sites for hydroxylation is 1. The highest BCUT2D eigenvalue weighted by atomic mass is 32.2. The summed E-state index contributed by atoms with van der Waals surface area (Å²) >= 11 is 0. The smallest absolute Gasteiger partial charge is 0.338 e. The molecule has 1 aromatic heterocycles. The van der Waals surface area contributed by atoms with Gasteiger partial charge in [-0.25, -0.2) is 17.9 Å². The lowest BCUT2D eigenvalue weighted by molar-refractivity contribution is 0.0526. The van der Waals surface area contributed by atoms with Gasteiger partial charge in [0.05, 0.1) is 17.1 Å². The van der Waals surface area contributed by atoms with E-state index < -0.39 is 21.9 Å². The Morgan fingerprint density at radius 1 is 1.17 bits per heavy atom. The summed E-state index contributed by atoms with van der Waals surface area (Å²) in [5.74, 6) is -1.41. The topological polar surface area (TPSA) is 102 Å². The first-order valence-electron chi connectivity index (χ1n) is 7.10. The van der Waals surface area contributed by atoms with Gasteiger partial charge in [-0.3, -0.25) is 9.78 Å². The number of carbonyl (C=O) groups excluding carboxylic acids is 2. The van der Waals surface area contributed by atoms with Gasteiger partial charge < -0.3 is 4.74 Å². The van der Waals surface area contributed by atoms with Gasteiger partial charge in [0, 0.05) is 17.5 Å². The largest absolute Gasteiger partial charge is 0.462 e. The van der Waals surface area contributed by atoms with Crippen molar-refractivity contribution in [3.63, 3.8) is 0 Å². The molecule has 0 bridgehead atoms. The van der Waals surface area contributed by atoms with Gasteiger partial charge in [0.1, 0.15) is 0 Å². The number of rotatable bonds is 5. The van der Waals surface area contributed by atoms with Crippen LogP contribution in [0.1, 0.15) is 33.3 Å². The van der Waals surface area contributed by atoms with Crippen molar-refractivity contribution in [1.29, 1.82) is 0 Å². The number of hydrogen-bond acceptors (Lipinski definition) is 6. The average Bonchev–Trinajstić information content (AvgIpc) is 2.55. The van der Waals surface area contributed by atoms with Gasteiger partial charge in [0.2, 0.25) is 0 Å². The minimum absolute atomic E-state index is 0.0897. The highest BCUT2D eigenvalue weighted by Gasteiger charge is 2.20. The third-order valence-electron chi connectivity index (χ3n) is 3.04. The Kier molecular flexibility index (Phi) is 5.30. The summed E-state index contributed by atoms with van der Waals surface area (Å²) in [7, 11) is -4.12. The van der Waals surface area contributed by atoms with E-state index in [0.717, 1.165) is 6.07 Å². The molecule has 0 aliphatic carbocycles. The van der Waals surface area contributed by atoms with Crippen LogP contribution in [-0.4, -0.2) is 31.9 Å². The van der Waals surface area contributed by atoms with Gasteiger partial charge in [-0.1, -0.05) is 6.07 Å². The number of nitrogens with one attached hydrogen (secondary N) is 1. The third kappa shape index (κ3) is 4.17. The maximum Gasteiger partial charge on any atom is 0.338 e. The van der Waals surface area contributed by atoms with E-state index in [-0.39, 0.29) is 22.6 Å². The third-order valence-corrected chi connectivity index (χ3v) is 4.37. The number of carbonyl (C=O) groups is 2. The van der Waals surface area contributed by atoms with E-state index in [2.05, 4.69) is 4.98 Å². The molecule has 0 saturated carbocycles. The van der Waals surface area contributed by atoms with E-state index in [4.69, 9.17) is 4.74 Å². The molecule has 2 aromatic rings. The quantitative estimate of drug-likeness (QED) is 0.825. The molecule has 126 valence electrons. The van der Waals surface area contributed by atoms with E-state index in [1.54, 1.807) is 13.8 Å². The minimum Gasteiger partial charge on any atom is -0.462 e. The number of benzene rings is 1. The van der Waals surface area contributed by atoms with Crippen molar-refractivity contribution in [3.8, 4) is 0 Å². The Morgan fingerprint density at radius 2 is 1.92 bits per heavy atom. The second-order valence-corrected chi connectivity index (χ2v) is 6.55. The fraction of sp³-hybridized carbons (Fsp3) is 0.188. The van der Waals surface area contributed by atoms with Gasteiger partial charge in [-0.15, -0.1) is 0 Å². The molecule has 0 spiro atoms. The van der Waals surface area contributed by atoms with Gasteiger partial charge in [0.25, 0.3) is 15.9 Å². The molecular weight excluding hydrogens is 332 g/mol. The van der Waals surface area contributed by atoms with Crippen molar-refractivity contribution in [2.24, 2.45) is 0 Å². The predicted octanol–water partition coefficient (Wildman–Crippen LogP) is 1.69. The maximum atomic E-state index is 12.3. The van der Waals surface area contributed by atoms with E-state index >= 15 is 0 Å². The highest BCUT2D eigenvalue weighted by Crippen LogP contribution is 2.13. The second-order valence-electron chi connectivity index (χ2n) is 4.87. The zero-order valence-electron chi connectivity index (χ0n) is 13.1. The fourth-order valence-electron chi connectivity index (χ4n) is 1.93. The molecule has 0 radical (unpaired) electrons. The van der Waals surface area contributed by atoms with Crippen LogP contribution in [0.15, 0.2) is 47.5 Å². The fourth-order valence-corrected chi connectivity index (χ4v) is 2.95. The average molecular weight is 348 g/mol. The highest BCUT2D eigenvalue weighted by molar-refractivity contribution is 7.90. The molecule has 0 aliphatic heterocycles. The van der Waals surface area contributed by atoms with Crippen LogP contribution in [-0.2, 0) is 14.8 Å². The Hall–Kier alpha value is -2.74. The Labute approximate surface area is 139 Å².